The molecule has 5 heteroatoms. The molecule has 0 spiro atoms. The molecule has 0 saturated heterocycles. The Hall–Kier alpha value is -1.99. The minimum absolute atomic E-state index is 0.109. The predicted octanol–water partition coefficient (Wildman–Crippen LogP) is 3.47. The third kappa shape index (κ3) is 3.57. The van der Waals surface area contributed by atoms with Crippen molar-refractivity contribution in [2.24, 2.45) is 0 Å². The number of fused-ring (bicyclic) bond motifs is 1. The summed E-state index contributed by atoms with van der Waals surface area (Å²) >= 11 is 2.17. The van der Waals surface area contributed by atoms with Gasteiger partial charge < -0.3 is 5.11 Å². The Morgan fingerprint density at radius 3 is 2.79 bits per heavy atom. The number of hydrogen-bond donors (Lipinski definition) is 1. The second-order valence-corrected chi connectivity index (χ2v) is 6.80. The van der Waals surface area contributed by atoms with E-state index in [0.717, 1.165) is 9.13 Å². The maximum absolute atomic E-state index is 12.7. The van der Waals surface area contributed by atoms with Crippen LogP contribution in [-0.2, 0) is 6.54 Å². The van der Waals surface area contributed by atoms with Crippen LogP contribution in [0.1, 0.15) is 17.0 Å². The Balaban J connectivity index is 2.13. The van der Waals surface area contributed by atoms with Crippen LogP contribution < -0.4 is 5.56 Å². The highest BCUT2D eigenvalue weighted by molar-refractivity contribution is 14.1. The summed E-state index contributed by atoms with van der Waals surface area (Å²) in [7, 11) is 0. The van der Waals surface area contributed by atoms with Gasteiger partial charge in [-0.15, -0.1) is 0 Å². The van der Waals surface area contributed by atoms with Crippen LogP contribution in [0.3, 0.4) is 0 Å². The van der Waals surface area contributed by atoms with Crippen molar-refractivity contribution in [2.45, 2.75) is 13.5 Å². The average molecular weight is 432 g/mol. The molecule has 0 fully saturated rings. The fraction of sp³-hybridized carbons (Fsp3) is 0.158. The van der Waals surface area contributed by atoms with Crippen molar-refractivity contribution in [3.63, 3.8) is 0 Å². The van der Waals surface area contributed by atoms with Gasteiger partial charge in [-0.25, -0.2) is 4.98 Å². The summed E-state index contributed by atoms with van der Waals surface area (Å²) in [6.07, 6.45) is 3.75. The second-order valence-electron chi connectivity index (χ2n) is 5.56. The molecule has 2 aromatic carbocycles. The van der Waals surface area contributed by atoms with Crippen LogP contribution in [-0.4, -0.2) is 21.3 Å². The Labute approximate surface area is 153 Å². The Kier molecular flexibility index (Phi) is 5.11. The van der Waals surface area contributed by atoms with E-state index in [9.17, 15) is 9.90 Å². The highest BCUT2D eigenvalue weighted by Gasteiger charge is 2.09. The summed E-state index contributed by atoms with van der Waals surface area (Å²) in [6.45, 7) is 2.15. The molecule has 0 atom stereocenters. The van der Waals surface area contributed by atoms with Gasteiger partial charge in [0.1, 0.15) is 5.82 Å². The molecule has 3 rings (SSSR count). The van der Waals surface area contributed by atoms with E-state index in [-0.39, 0.29) is 18.7 Å². The van der Waals surface area contributed by atoms with Gasteiger partial charge in [0.05, 0.1) is 24.1 Å². The maximum Gasteiger partial charge on any atom is 0.261 e. The van der Waals surface area contributed by atoms with Gasteiger partial charge in [0.2, 0.25) is 0 Å². The number of aromatic nitrogens is 2. The van der Waals surface area contributed by atoms with E-state index in [4.69, 9.17) is 0 Å². The Morgan fingerprint density at radius 1 is 1.21 bits per heavy atom. The first-order chi connectivity index (χ1) is 11.6. The standard InChI is InChI=1S/C19H17IN2O2/c1-13-3-2-4-14(11-13)5-8-18-21-17-7-6-15(20)12-16(17)19(24)22(18)9-10-23/h2-8,11-12,23H,9-10H2,1H3. The monoisotopic (exact) mass is 432 g/mol. The lowest BCUT2D eigenvalue weighted by atomic mass is 10.1. The van der Waals surface area contributed by atoms with Crippen LogP contribution in [0.15, 0.2) is 47.3 Å². The molecule has 0 aliphatic rings. The van der Waals surface area contributed by atoms with E-state index in [0.29, 0.717) is 16.7 Å². The quantitative estimate of drug-likeness (QED) is 0.643. The zero-order valence-corrected chi connectivity index (χ0v) is 15.4. The van der Waals surface area contributed by atoms with Crippen LogP contribution in [0.25, 0.3) is 23.1 Å². The lowest BCUT2D eigenvalue weighted by Gasteiger charge is -2.10. The number of halogens is 1. The highest BCUT2D eigenvalue weighted by atomic mass is 127. The molecule has 0 aliphatic heterocycles. The Morgan fingerprint density at radius 2 is 2.04 bits per heavy atom. The zero-order valence-electron chi connectivity index (χ0n) is 13.2. The number of benzene rings is 2. The molecule has 1 aromatic heterocycles. The molecule has 0 amide bonds. The minimum Gasteiger partial charge on any atom is -0.395 e. The van der Waals surface area contributed by atoms with E-state index in [1.807, 2.05) is 55.5 Å². The second kappa shape index (κ2) is 7.27. The van der Waals surface area contributed by atoms with Gasteiger partial charge in [0, 0.05) is 3.57 Å². The highest BCUT2D eigenvalue weighted by Crippen LogP contribution is 2.15. The topological polar surface area (TPSA) is 55.1 Å². The van der Waals surface area contributed by atoms with Crippen molar-refractivity contribution in [3.8, 4) is 0 Å². The van der Waals surface area contributed by atoms with Crippen molar-refractivity contribution >= 4 is 45.6 Å². The molecule has 4 nitrogen and oxygen atoms in total. The number of aliphatic hydroxyl groups excluding tert-OH is 1. The SMILES string of the molecule is Cc1cccc(C=Cc2nc3ccc(I)cc3c(=O)n2CCO)c1. The predicted molar refractivity (Wildman–Crippen MR) is 106 cm³/mol. The van der Waals surface area contributed by atoms with Crippen LogP contribution in [0.4, 0.5) is 0 Å². The summed E-state index contributed by atoms with van der Waals surface area (Å²) in [5, 5.41) is 9.88. The van der Waals surface area contributed by atoms with E-state index in [1.165, 1.54) is 10.1 Å². The van der Waals surface area contributed by atoms with Gasteiger partial charge in [-0.05, 0) is 59.4 Å². The number of nitrogens with zero attached hydrogens (tertiary/aromatic N) is 2. The number of rotatable bonds is 4. The third-order valence-corrected chi connectivity index (χ3v) is 4.41. The molecular weight excluding hydrogens is 415 g/mol. The first-order valence-electron chi connectivity index (χ1n) is 7.64. The van der Waals surface area contributed by atoms with Crippen LogP contribution in [0.5, 0.6) is 0 Å². The number of aryl methyl sites for hydroxylation is 1. The molecule has 24 heavy (non-hydrogen) atoms. The summed E-state index contributed by atoms with van der Waals surface area (Å²) in [6, 6.07) is 13.7. The summed E-state index contributed by atoms with van der Waals surface area (Å²) in [5.74, 6) is 0.546. The fourth-order valence-electron chi connectivity index (χ4n) is 2.60. The molecule has 3 aromatic rings. The minimum atomic E-state index is -0.128. The third-order valence-electron chi connectivity index (χ3n) is 3.74. The fourth-order valence-corrected chi connectivity index (χ4v) is 3.09. The molecule has 0 aliphatic carbocycles. The largest absolute Gasteiger partial charge is 0.395 e. The van der Waals surface area contributed by atoms with E-state index in [2.05, 4.69) is 33.6 Å². The van der Waals surface area contributed by atoms with Crippen molar-refractivity contribution in [2.75, 3.05) is 6.61 Å². The van der Waals surface area contributed by atoms with Crippen LogP contribution in [0, 0.1) is 10.5 Å². The molecule has 122 valence electrons. The van der Waals surface area contributed by atoms with Gasteiger partial charge in [-0.3, -0.25) is 9.36 Å². The smallest absolute Gasteiger partial charge is 0.261 e. The zero-order chi connectivity index (χ0) is 17.1. The van der Waals surface area contributed by atoms with Gasteiger partial charge >= 0.3 is 0 Å². The number of hydrogen-bond acceptors (Lipinski definition) is 3. The van der Waals surface area contributed by atoms with Gasteiger partial charge in [-0.2, -0.15) is 0 Å². The van der Waals surface area contributed by atoms with Crippen molar-refractivity contribution < 1.29 is 5.11 Å². The normalized spacial score (nSPS) is 11.5. The molecule has 0 radical (unpaired) electrons. The lowest BCUT2D eigenvalue weighted by Crippen LogP contribution is -2.25. The Bertz CT molecular complexity index is 977. The van der Waals surface area contributed by atoms with Crippen LogP contribution in [0.2, 0.25) is 0 Å². The molecule has 1 N–H and O–H groups in total. The van der Waals surface area contributed by atoms with Gasteiger partial charge in [0.25, 0.3) is 5.56 Å². The van der Waals surface area contributed by atoms with E-state index >= 15 is 0 Å². The molecule has 0 unspecified atom stereocenters. The van der Waals surface area contributed by atoms with E-state index < -0.39 is 0 Å². The molecule has 0 bridgehead atoms. The first kappa shape index (κ1) is 16.9. The maximum atomic E-state index is 12.7. The number of aliphatic hydroxyl groups is 1. The summed E-state index contributed by atoms with van der Waals surface area (Å²) in [4.78, 5) is 17.3. The van der Waals surface area contributed by atoms with Crippen molar-refractivity contribution in [1.82, 2.24) is 9.55 Å². The first-order valence-corrected chi connectivity index (χ1v) is 8.72. The van der Waals surface area contributed by atoms with Crippen molar-refractivity contribution in [1.29, 1.82) is 0 Å². The molecule has 0 saturated carbocycles. The average Bonchev–Trinajstić information content (AvgIpc) is 2.57. The molecule has 1 heterocycles. The summed E-state index contributed by atoms with van der Waals surface area (Å²) in [5.41, 5.74) is 2.75. The van der Waals surface area contributed by atoms with Crippen LogP contribution >= 0.6 is 22.6 Å². The van der Waals surface area contributed by atoms with E-state index in [1.54, 1.807) is 0 Å². The van der Waals surface area contributed by atoms with Crippen molar-refractivity contribution in [3.05, 3.63) is 73.3 Å². The lowest BCUT2D eigenvalue weighted by molar-refractivity contribution is 0.273. The summed E-state index contributed by atoms with van der Waals surface area (Å²) < 4.78 is 2.50. The van der Waals surface area contributed by atoms with Gasteiger partial charge in [0.15, 0.2) is 0 Å². The van der Waals surface area contributed by atoms with Gasteiger partial charge in [-0.1, -0.05) is 35.9 Å². The molecular formula is C19H17IN2O2.